The summed E-state index contributed by atoms with van der Waals surface area (Å²) in [5.41, 5.74) is 2.46. The fourth-order valence-electron chi connectivity index (χ4n) is 6.80. The van der Waals surface area contributed by atoms with Gasteiger partial charge in [0.05, 0.1) is 23.8 Å². The number of fused-ring (bicyclic) bond motifs is 3. The van der Waals surface area contributed by atoms with E-state index >= 15 is 0 Å². The standard InChI is InChI=1S/C30H36FN5O2/c1-2-28(37)34-17-21(18-34)30(38)33-26(20-7-4-3-5-8-20)13-14-35-22-11-12-23(35)16-24(15-22)36-19-32-29-25(31)9-6-10-27(29)36/h3-10,19,21-24,26H,2,11-18H2,1H3,(H,33,38)/t22-,23+,24-,26-/m0/s1. The van der Waals surface area contributed by atoms with Crippen molar-refractivity contribution in [3.05, 3.63) is 66.2 Å². The van der Waals surface area contributed by atoms with Crippen molar-refractivity contribution in [2.45, 2.75) is 69.6 Å². The second-order valence-corrected chi connectivity index (χ2v) is 11.1. The number of halogens is 1. The van der Waals surface area contributed by atoms with Crippen LogP contribution in [0.4, 0.5) is 4.39 Å². The third-order valence-electron chi connectivity index (χ3n) is 8.91. The van der Waals surface area contributed by atoms with Gasteiger partial charge < -0.3 is 14.8 Å². The minimum absolute atomic E-state index is 0.0416. The second kappa shape index (κ2) is 10.5. The first-order valence-corrected chi connectivity index (χ1v) is 14.0. The van der Waals surface area contributed by atoms with Crippen LogP contribution >= 0.6 is 0 Å². The molecular weight excluding hydrogens is 481 g/mol. The molecule has 2 aromatic carbocycles. The number of likely N-dealkylation sites (tertiary alicyclic amines) is 1. The van der Waals surface area contributed by atoms with Crippen molar-refractivity contribution in [3.8, 4) is 0 Å². The molecule has 7 nitrogen and oxygen atoms in total. The molecule has 4 heterocycles. The Hall–Kier alpha value is -3.26. The van der Waals surface area contributed by atoms with Gasteiger partial charge in [0, 0.05) is 44.2 Å². The first-order valence-electron chi connectivity index (χ1n) is 14.0. The summed E-state index contributed by atoms with van der Waals surface area (Å²) >= 11 is 0. The van der Waals surface area contributed by atoms with Crippen LogP contribution in [0.1, 0.15) is 63.1 Å². The summed E-state index contributed by atoms with van der Waals surface area (Å²) in [6.45, 7) is 3.82. The van der Waals surface area contributed by atoms with Gasteiger partial charge in [0.1, 0.15) is 5.52 Å². The summed E-state index contributed by atoms with van der Waals surface area (Å²) in [5, 5.41) is 3.31. The summed E-state index contributed by atoms with van der Waals surface area (Å²) in [4.78, 5) is 33.7. The topological polar surface area (TPSA) is 70.5 Å². The van der Waals surface area contributed by atoms with Crippen LogP contribution in [0, 0.1) is 11.7 Å². The summed E-state index contributed by atoms with van der Waals surface area (Å²) < 4.78 is 16.4. The highest BCUT2D eigenvalue weighted by Gasteiger charge is 2.42. The number of amides is 2. The van der Waals surface area contributed by atoms with Gasteiger partial charge in [-0.05, 0) is 49.8 Å². The van der Waals surface area contributed by atoms with Gasteiger partial charge in [-0.15, -0.1) is 0 Å². The number of aromatic nitrogens is 2. The van der Waals surface area contributed by atoms with Crippen LogP contribution in [0.15, 0.2) is 54.9 Å². The predicted molar refractivity (Wildman–Crippen MR) is 144 cm³/mol. The van der Waals surface area contributed by atoms with E-state index in [4.69, 9.17) is 0 Å². The maximum atomic E-state index is 14.2. The molecule has 3 aliphatic rings. The Balaban J connectivity index is 1.11. The third kappa shape index (κ3) is 4.70. The van der Waals surface area contributed by atoms with Crippen molar-refractivity contribution in [3.63, 3.8) is 0 Å². The lowest BCUT2D eigenvalue weighted by Gasteiger charge is -2.41. The molecule has 3 aromatic rings. The molecule has 38 heavy (non-hydrogen) atoms. The molecule has 8 heteroatoms. The number of carbonyl (C=O) groups excluding carboxylic acids is 2. The Labute approximate surface area is 223 Å². The monoisotopic (exact) mass is 517 g/mol. The Morgan fingerprint density at radius 1 is 1.03 bits per heavy atom. The number of nitrogens with zero attached hydrogens (tertiary/aromatic N) is 4. The van der Waals surface area contributed by atoms with E-state index in [0.717, 1.165) is 36.9 Å². The highest BCUT2D eigenvalue weighted by Crippen LogP contribution is 2.42. The zero-order chi connectivity index (χ0) is 26.2. The molecule has 3 fully saturated rings. The Kier molecular flexibility index (Phi) is 6.91. The average molecular weight is 518 g/mol. The number of benzene rings is 2. The van der Waals surface area contributed by atoms with Crippen molar-refractivity contribution in [2.75, 3.05) is 19.6 Å². The van der Waals surface area contributed by atoms with E-state index in [9.17, 15) is 14.0 Å². The van der Waals surface area contributed by atoms with Crippen molar-refractivity contribution in [1.29, 1.82) is 0 Å². The molecular formula is C30H36FN5O2. The van der Waals surface area contributed by atoms with Crippen LogP contribution in [0.25, 0.3) is 11.0 Å². The molecule has 6 rings (SSSR count). The molecule has 3 aliphatic heterocycles. The molecule has 1 aromatic heterocycles. The van der Waals surface area contributed by atoms with Crippen molar-refractivity contribution in [2.24, 2.45) is 5.92 Å². The minimum Gasteiger partial charge on any atom is -0.349 e. The minimum atomic E-state index is -0.262. The number of piperidine rings is 1. The van der Waals surface area contributed by atoms with E-state index in [1.165, 1.54) is 18.9 Å². The van der Waals surface area contributed by atoms with Gasteiger partial charge in [0.15, 0.2) is 5.82 Å². The maximum Gasteiger partial charge on any atom is 0.227 e. The van der Waals surface area contributed by atoms with Gasteiger partial charge >= 0.3 is 0 Å². The number of rotatable bonds is 8. The molecule has 1 N–H and O–H groups in total. The number of carbonyl (C=O) groups is 2. The molecule has 2 bridgehead atoms. The van der Waals surface area contributed by atoms with Gasteiger partial charge in [-0.1, -0.05) is 43.3 Å². The van der Waals surface area contributed by atoms with Crippen molar-refractivity contribution >= 4 is 22.8 Å². The normalized spacial score (nSPS) is 24.4. The molecule has 3 saturated heterocycles. The molecule has 0 spiro atoms. The van der Waals surface area contributed by atoms with Crippen LogP contribution in [0.2, 0.25) is 0 Å². The highest BCUT2D eigenvalue weighted by atomic mass is 19.1. The van der Waals surface area contributed by atoms with E-state index in [1.54, 1.807) is 11.0 Å². The summed E-state index contributed by atoms with van der Waals surface area (Å²) in [6, 6.07) is 16.6. The zero-order valence-corrected chi connectivity index (χ0v) is 21.9. The zero-order valence-electron chi connectivity index (χ0n) is 21.9. The highest BCUT2D eigenvalue weighted by molar-refractivity contribution is 5.84. The van der Waals surface area contributed by atoms with E-state index in [-0.39, 0.29) is 29.6 Å². The van der Waals surface area contributed by atoms with E-state index < -0.39 is 0 Å². The molecule has 2 amide bonds. The molecule has 0 saturated carbocycles. The lowest BCUT2D eigenvalue weighted by atomic mass is 9.94. The van der Waals surface area contributed by atoms with Crippen molar-refractivity contribution < 1.29 is 14.0 Å². The Morgan fingerprint density at radius 3 is 2.47 bits per heavy atom. The third-order valence-corrected chi connectivity index (χ3v) is 8.91. The summed E-state index contributed by atoms with van der Waals surface area (Å²) in [6.07, 6.45) is 7.55. The van der Waals surface area contributed by atoms with E-state index in [1.807, 2.05) is 37.5 Å². The average Bonchev–Trinajstić information content (AvgIpc) is 3.44. The predicted octanol–water partition coefficient (Wildman–Crippen LogP) is 4.46. The SMILES string of the molecule is CCC(=O)N1CC(C(=O)N[C@@H](CCN2[C@@H]3CC[C@H]2C[C@H](n2cnc4c(F)cccc42)C3)c2ccccc2)C1. The van der Waals surface area contributed by atoms with Crippen LogP contribution in [0.5, 0.6) is 0 Å². The van der Waals surface area contributed by atoms with Crippen LogP contribution in [0.3, 0.4) is 0 Å². The van der Waals surface area contributed by atoms with Crippen LogP contribution in [-0.2, 0) is 9.59 Å². The quantitative estimate of drug-likeness (QED) is 0.479. The number of para-hydroxylation sites is 1. The van der Waals surface area contributed by atoms with E-state index in [2.05, 4.69) is 31.9 Å². The van der Waals surface area contributed by atoms with Gasteiger partial charge in [-0.3, -0.25) is 14.5 Å². The molecule has 4 atom stereocenters. The molecule has 0 aliphatic carbocycles. The lowest BCUT2D eigenvalue weighted by Crippen LogP contribution is -2.56. The number of hydrogen-bond acceptors (Lipinski definition) is 4. The van der Waals surface area contributed by atoms with Crippen LogP contribution < -0.4 is 5.32 Å². The maximum absolute atomic E-state index is 14.2. The Morgan fingerprint density at radius 2 is 1.76 bits per heavy atom. The Bertz CT molecular complexity index is 1290. The number of nitrogens with one attached hydrogen (secondary N) is 1. The molecule has 200 valence electrons. The molecule has 0 unspecified atom stereocenters. The lowest BCUT2D eigenvalue weighted by molar-refractivity contribution is -0.143. The van der Waals surface area contributed by atoms with E-state index in [0.29, 0.717) is 43.2 Å². The fraction of sp³-hybridized carbons (Fsp3) is 0.500. The van der Waals surface area contributed by atoms with Gasteiger partial charge in [0.2, 0.25) is 11.8 Å². The van der Waals surface area contributed by atoms with Gasteiger partial charge in [0.25, 0.3) is 0 Å². The summed E-state index contributed by atoms with van der Waals surface area (Å²) in [5.74, 6) is -0.234. The smallest absolute Gasteiger partial charge is 0.227 e. The second-order valence-electron chi connectivity index (χ2n) is 11.1. The summed E-state index contributed by atoms with van der Waals surface area (Å²) in [7, 11) is 0. The van der Waals surface area contributed by atoms with Crippen molar-refractivity contribution in [1.82, 2.24) is 24.7 Å². The van der Waals surface area contributed by atoms with Gasteiger partial charge in [-0.25, -0.2) is 9.37 Å². The molecule has 0 radical (unpaired) electrons. The number of imidazole rings is 1. The largest absolute Gasteiger partial charge is 0.349 e. The first-order chi connectivity index (χ1) is 18.5. The first kappa shape index (κ1) is 25.0. The number of hydrogen-bond donors (Lipinski definition) is 1. The van der Waals surface area contributed by atoms with Gasteiger partial charge in [-0.2, -0.15) is 0 Å². The fourth-order valence-corrected chi connectivity index (χ4v) is 6.80. The van der Waals surface area contributed by atoms with Crippen LogP contribution in [-0.4, -0.2) is 62.9 Å².